The van der Waals surface area contributed by atoms with E-state index in [-0.39, 0.29) is 12.0 Å². The second-order valence-electron chi connectivity index (χ2n) is 6.45. The third kappa shape index (κ3) is 3.57. The Balaban J connectivity index is 1.33. The molecule has 134 valence electrons. The summed E-state index contributed by atoms with van der Waals surface area (Å²) in [5.41, 5.74) is 1.60. The number of likely N-dealkylation sites (tertiary alicyclic amines) is 1. The fourth-order valence-corrected chi connectivity index (χ4v) is 3.20. The molecule has 0 spiro atoms. The third-order valence-electron chi connectivity index (χ3n) is 4.59. The summed E-state index contributed by atoms with van der Waals surface area (Å²) in [5.74, 6) is 1.15. The van der Waals surface area contributed by atoms with Crippen molar-refractivity contribution >= 4 is 16.8 Å². The second kappa shape index (κ2) is 7.21. The molecular formula is C19H20N4O3. The van der Waals surface area contributed by atoms with Gasteiger partial charge in [0.15, 0.2) is 5.82 Å². The highest BCUT2D eigenvalue weighted by atomic mass is 16.5. The topological polar surface area (TPSA) is 81.4 Å². The minimum absolute atomic E-state index is 0.0572. The molecule has 26 heavy (non-hydrogen) atoms. The molecule has 4 rings (SSSR count). The molecule has 0 unspecified atom stereocenters. The van der Waals surface area contributed by atoms with Crippen molar-refractivity contribution in [1.82, 2.24) is 20.0 Å². The minimum Gasteiger partial charge on any atom is -0.368 e. The van der Waals surface area contributed by atoms with Gasteiger partial charge in [-0.1, -0.05) is 11.2 Å². The summed E-state index contributed by atoms with van der Waals surface area (Å²) < 4.78 is 10.9. The zero-order chi connectivity index (χ0) is 17.9. The van der Waals surface area contributed by atoms with Crippen LogP contribution in [-0.4, -0.2) is 45.1 Å². The molecule has 3 aromatic rings. The van der Waals surface area contributed by atoms with E-state index in [1.165, 1.54) is 0 Å². The van der Waals surface area contributed by atoms with E-state index >= 15 is 0 Å². The summed E-state index contributed by atoms with van der Waals surface area (Å²) in [6.07, 6.45) is 3.46. The van der Waals surface area contributed by atoms with Gasteiger partial charge >= 0.3 is 0 Å². The lowest BCUT2D eigenvalue weighted by atomic mass is 10.1. The van der Waals surface area contributed by atoms with Crippen molar-refractivity contribution in [3.8, 4) is 0 Å². The van der Waals surface area contributed by atoms with Crippen LogP contribution >= 0.6 is 0 Å². The van der Waals surface area contributed by atoms with E-state index in [1.807, 2.05) is 35.2 Å². The van der Waals surface area contributed by atoms with Crippen LogP contribution in [-0.2, 0) is 11.3 Å². The number of rotatable bonds is 4. The van der Waals surface area contributed by atoms with E-state index in [0.717, 1.165) is 23.7 Å². The zero-order valence-corrected chi connectivity index (χ0v) is 14.6. The number of pyridine rings is 1. The molecule has 0 N–H and O–H groups in total. The number of hydrogen-bond acceptors (Lipinski definition) is 6. The number of benzene rings is 1. The van der Waals surface area contributed by atoms with Crippen molar-refractivity contribution in [2.24, 2.45) is 0 Å². The summed E-state index contributed by atoms with van der Waals surface area (Å²) in [7, 11) is 0. The monoisotopic (exact) mass is 352 g/mol. The first-order valence-electron chi connectivity index (χ1n) is 8.74. The standard InChI is InChI=1S/C19H20N4O3/c1-13-21-18(26-22-13)12-25-16-6-9-23(10-7-16)19(24)15-4-5-17-14(11-15)3-2-8-20-17/h2-5,8,11,16H,6-7,9-10,12H2,1H3. The summed E-state index contributed by atoms with van der Waals surface area (Å²) in [6, 6.07) is 9.50. The molecule has 1 saturated heterocycles. The maximum Gasteiger partial charge on any atom is 0.253 e. The van der Waals surface area contributed by atoms with Crippen LogP contribution in [0.5, 0.6) is 0 Å². The first-order valence-corrected chi connectivity index (χ1v) is 8.74. The van der Waals surface area contributed by atoms with Gasteiger partial charge in [0.05, 0.1) is 11.6 Å². The van der Waals surface area contributed by atoms with E-state index in [9.17, 15) is 4.79 Å². The van der Waals surface area contributed by atoms with Crippen molar-refractivity contribution in [3.05, 3.63) is 53.8 Å². The number of aryl methyl sites for hydroxylation is 1. The fraction of sp³-hybridized carbons (Fsp3) is 0.368. The molecule has 2 aromatic heterocycles. The van der Waals surface area contributed by atoms with Crippen molar-refractivity contribution in [2.45, 2.75) is 32.5 Å². The van der Waals surface area contributed by atoms with Gasteiger partial charge in [0.25, 0.3) is 11.8 Å². The number of piperidine rings is 1. The lowest BCUT2D eigenvalue weighted by molar-refractivity contribution is -0.00977. The molecule has 0 atom stereocenters. The smallest absolute Gasteiger partial charge is 0.253 e. The predicted octanol–water partition coefficient (Wildman–Crippen LogP) is 2.75. The van der Waals surface area contributed by atoms with Crippen LogP contribution in [0.3, 0.4) is 0 Å². The SMILES string of the molecule is Cc1noc(COC2CCN(C(=O)c3ccc4ncccc4c3)CC2)n1. The van der Waals surface area contributed by atoms with E-state index in [0.29, 0.717) is 37.0 Å². The molecule has 1 aromatic carbocycles. The third-order valence-corrected chi connectivity index (χ3v) is 4.59. The molecule has 1 amide bonds. The second-order valence-corrected chi connectivity index (χ2v) is 6.45. The van der Waals surface area contributed by atoms with Gasteiger partial charge in [-0.2, -0.15) is 4.98 Å². The Hall–Kier alpha value is -2.80. The van der Waals surface area contributed by atoms with Crippen LogP contribution in [0.4, 0.5) is 0 Å². The highest BCUT2D eigenvalue weighted by molar-refractivity contribution is 5.97. The zero-order valence-electron chi connectivity index (χ0n) is 14.6. The Morgan fingerprint density at radius 2 is 2.15 bits per heavy atom. The molecular weight excluding hydrogens is 332 g/mol. The molecule has 0 aliphatic carbocycles. The van der Waals surface area contributed by atoms with Crippen LogP contribution in [0.1, 0.15) is 34.9 Å². The van der Waals surface area contributed by atoms with Gasteiger partial charge in [-0.05, 0) is 44.0 Å². The quantitative estimate of drug-likeness (QED) is 0.718. The van der Waals surface area contributed by atoms with Gasteiger partial charge < -0.3 is 14.2 Å². The molecule has 7 nitrogen and oxygen atoms in total. The van der Waals surface area contributed by atoms with Crippen LogP contribution in [0.2, 0.25) is 0 Å². The summed E-state index contributed by atoms with van der Waals surface area (Å²) in [4.78, 5) is 23.1. The van der Waals surface area contributed by atoms with Crippen LogP contribution in [0.15, 0.2) is 41.1 Å². The van der Waals surface area contributed by atoms with Gasteiger partial charge in [0.1, 0.15) is 6.61 Å². The highest BCUT2D eigenvalue weighted by Crippen LogP contribution is 2.19. The average Bonchev–Trinajstić information content (AvgIpc) is 3.11. The Labute approximate surface area is 151 Å². The van der Waals surface area contributed by atoms with Gasteiger partial charge in [-0.15, -0.1) is 0 Å². The van der Waals surface area contributed by atoms with Crippen molar-refractivity contribution in [2.75, 3.05) is 13.1 Å². The lowest BCUT2D eigenvalue weighted by Gasteiger charge is -2.31. The van der Waals surface area contributed by atoms with Crippen molar-refractivity contribution in [1.29, 1.82) is 0 Å². The van der Waals surface area contributed by atoms with Crippen LogP contribution in [0, 0.1) is 6.92 Å². The van der Waals surface area contributed by atoms with Crippen LogP contribution in [0.25, 0.3) is 10.9 Å². The number of hydrogen-bond donors (Lipinski definition) is 0. The van der Waals surface area contributed by atoms with E-state index in [1.54, 1.807) is 13.1 Å². The largest absolute Gasteiger partial charge is 0.368 e. The lowest BCUT2D eigenvalue weighted by Crippen LogP contribution is -2.40. The number of carbonyl (C=O) groups excluding carboxylic acids is 1. The number of amides is 1. The Morgan fingerprint density at radius 3 is 2.92 bits per heavy atom. The van der Waals surface area contributed by atoms with Crippen molar-refractivity contribution in [3.63, 3.8) is 0 Å². The number of nitrogens with zero attached hydrogens (tertiary/aromatic N) is 4. The highest BCUT2D eigenvalue weighted by Gasteiger charge is 2.24. The van der Waals surface area contributed by atoms with Gasteiger partial charge in [0, 0.05) is 30.2 Å². The molecule has 3 heterocycles. The first kappa shape index (κ1) is 16.7. The normalized spacial score (nSPS) is 15.5. The Bertz CT molecular complexity index is 916. The predicted molar refractivity (Wildman–Crippen MR) is 94.5 cm³/mol. The number of fused-ring (bicyclic) bond motifs is 1. The van der Waals surface area contributed by atoms with Crippen molar-refractivity contribution < 1.29 is 14.1 Å². The van der Waals surface area contributed by atoms with E-state index < -0.39 is 0 Å². The maximum absolute atomic E-state index is 12.8. The maximum atomic E-state index is 12.8. The van der Waals surface area contributed by atoms with E-state index in [4.69, 9.17) is 9.26 Å². The van der Waals surface area contributed by atoms with E-state index in [2.05, 4.69) is 15.1 Å². The van der Waals surface area contributed by atoms with Gasteiger partial charge in [-0.3, -0.25) is 9.78 Å². The number of carbonyl (C=O) groups is 1. The fourth-order valence-electron chi connectivity index (χ4n) is 3.20. The Kier molecular flexibility index (Phi) is 4.62. The Morgan fingerprint density at radius 1 is 1.31 bits per heavy atom. The first-order chi connectivity index (χ1) is 12.7. The molecule has 1 aliphatic heterocycles. The molecule has 1 aliphatic rings. The minimum atomic E-state index is 0.0572. The number of ether oxygens (including phenoxy) is 1. The molecule has 0 saturated carbocycles. The molecule has 1 fully saturated rings. The van der Waals surface area contributed by atoms with Gasteiger partial charge in [0.2, 0.25) is 0 Å². The summed E-state index contributed by atoms with van der Waals surface area (Å²) in [5, 5.41) is 4.73. The molecule has 7 heteroatoms. The summed E-state index contributed by atoms with van der Waals surface area (Å²) >= 11 is 0. The number of aromatic nitrogens is 3. The molecule has 0 radical (unpaired) electrons. The molecule has 0 bridgehead atoms. The average molecular weight is 352 g/mol. The van der Waals surface area contributed by atoms with Crippen LogP contribution < -0.4 is 0 Å². The van der Waals surface area contributed by atoms with Gasteiger partial charge in [-0.25, -0.2) is 0 Å². The summed E-state index contributed by atoms with van der Waals surface area (Å²) in [6.45, 7) is 3.45.